The molecule has 3 aromatic carbocycles. The van der Waals surface area contributed by atoms with Gasteiger partial charge in [0, 0.05) is 10.6 Å². The first kappa shape index (κ1) is 18.0. The third-order valence-corrected chi connectivity index (χ3v) is 4.67. The van der Waals surface area contributed by atoms with Crippen molar-refractivity contribution in [2.75, 3.05) is 0 Å². The zero-order chi connectivity index (χ0) is 19.7. The number of benzene rings is 3. The Kier molecular flexibility index (Phi) is 4.72. The zero-order valence-corrected chi connectivity index (χ0v) is 15.7. The highest BCUT2D eigenvalue weighted by Crippen LogP contribution is 2.39. The molecule has 0 amide bonds. The summed E-state index contributed by atoms with van der Waals surface area (Å²) in [4.78, 5) is 25.0. The molecule has 28 heavy (non-hydrogen) atoms. The fraction of sp³-hybridized carbons (Fsp3) is 0.0435. The molecule has 138 valence electrons. The fourth-order valence-electron chi connectivity index (χ4n) is 2.92. The molecule has 0 radical (unpaired) electrons. The summed E-state index contributed by atoms with van der Waals surface area (Å²) in [5, 5.41) is 0.616. The first-order valence-electron chi connectivity index (χ1n) is 8.63. The summed E-state index contributed by atoms with van der Waals surface area (Å²) >= 11 is 5.89. The van der Waals surface area contributed by atoms with E-state index in [4.69, 9.17) is 21.1 Å². The van der Waals surface area contributed by atoms with Crippen molar-refractivity contribution in [3.8, 4) is 11.5 Å². The number of carbonyl (C=O) groups excluding carboxylic acids is 2. The zero-order valence-electron chi connectivity index (χ0n) is 14.9. The second-order valence-electron chi connectivity index (χ2n) is 6.31. The Labute approximate surface area is 167 Å². The van der Waals surface area contributed by atoms with Crippen LogP contribution >= 0.6 is 11.6 Å². The molecule has 0 aliphatic carbocycles. The fourth-order valence-corrected chi connectivity index (χ4v) is 3.05. The van der Waals surface area contributed by atoms with Crippen molar-refractivity contribution < 1.29 is 19.1 Å². The number of ether oxygens (including phenoxy) is 2. The highest BCUT2D eigenvalue weighted by atomic mass is 35.5. The first-order chi connectivity index (χ1) is 13.5. The van der Waals surface area contributed by atoms with Crippen LogP contribution in [0.3, 0.4) is 0 Å². The smallest absolute Gasteiger partial charge is 0.343 e. The number of carbonyl (C=O) groups is 2. The minimum Gasteiger partial charge on any atom is -0.452 e. The first-order valence-corrected chi connectivity index (χ1v) is 9.01. The van der Waals surface area contributed by atoms with Crippen molar-refractivity contribution in [2.24, 2.45) is 0 Å². The second kappa shape index (κ2) is 7.33. The van der Waals surface area contributed by atoms with Gasteiger partial charge in [0.15, 0.2) is 5.76 Å². The van der Waals surface area contributed by atoms with Crippen LogP contribution in [0.2, 0.25) is 5.02 Å². The summed E-state index contributed by atoms with van der Waals surface area (Å²) in [5.41, 5.74) is 2.28. The Bertz CT molecular complexity index is 1100. The van der Waals surface area contributed by atoms with Crippen LogP contribution in [0.4, 0.5) is 0 Å². The summed E-state index contributed by atoms with van der Waals surface area (Å²) < 4.78 is 11.3. The summed E-state index contributed by atoms with van der Waals surface area (Å²) in [6.45, 7) is 1.75. The van der Waals surface area contributed by atoms with Gasteiger partial charge in [0.2, 0.25) is 5.78 Å². The largest absolute Gasteiger partial charge is 0.452 e. The molecule has 1 aliphatic heterocycles. The van der Waals surface area contributed by atoms with Crippen LogP contribution in [0, 0.1) is 6.92 Å². The number of allylic oxidation sites excluding steroid dienone is 1. The summed E-state index contributed by atoms with van der Waals surface area (Å²) in [6.07, 6.45) is 1.66. The minimum atomic E-state index is -0.468. The van der Waals surface area contributed by atoms with E-state index < -0.39 is 5.97 Å². The van der Waals surface area contributed by atoms with E-state index in [9.17, 15) is 9.59 Å². The third kappa shape index (κ3) is 3.42. The topological polar surface area (TPSA) is 52.6 Å². The maximum atomic E-state index is 12.6. The molecular weight excluding hydrogens is 376 g/mol. The van der Waals surface area contributed by atoms with Crippen LogP contribution in [0.5, 0.6) is 11.5 Å². The highest BCUT2D eigenvalue weighted by molar-refractivity contribution is 6.30. The number of halogens is 1. The van der Waals surface area contributed by atoms with Gasteiger partial charge in [-0.15, -0.1) is 0 Å². The summed E-state index contributed by atoms with van der Waals surface area (Å²) in [6, 6.07) is 19.0. The number of esters is 1. The predicted octanol–water partition coefficient (Wildman–Crippen LogP) is 5.48. The van der Waals surface area contributed by atoms with E-state index in [0.717, 1.165) is 5.56 Å². The molecule has 4 rings (SSSR count). The van der Waals surface area contributed by atoms with Crippen molar-refractivity contribution >= 4 is 29.4 Å². The predicted molar refractivity (Wildman–Crippen MR) is 107 cm³/mol. The molecule has 0 saturated carbocycles. The third-order valence-electron chi connectivity index (χ3n) is 4.42. The van der Waals surface area contributed by atoms with Gasteiger partial charge in [0.1, 0.15) is 11.5 Å². The maximum absolute atomic E-state index is 12.6. The molecule has 4 nitrogen and oxygen atoms in total. The molecule has 0 saturated heterocycles. The van der Waals surface area contributed by atoms with Gasteiger partial charge in [-0.25, -0.2) is 4.79 Å². The Balaban J connectivity index is 1.61. The quantitative estimate of drug-likeness (QED) is 0.337. The number of ketones is 1. The monoisotopic (exact) mass is 390 g/mol. The molecule has 1 heterocycles. The molecule has 5 heteroatoms. The van der Waals surface area contributed by atoms with Gasteiger partial charge in [0.25, 0.3) is 0 Å². The number of hydrogen-bond acceptors (Lipinski definition) is 4. The Hall–Kier alpha value is -3.37. The van der Waals surface area contributed by atoms with Gasteiger partial charge in [-0.1, -0.05) is 41.9 Å². The second-order valence-corrected chi connectivity index (χ2v) is 6.75. The molecule has 0 atom stereocenters. The molecule has 0 unspecified atom stereocenters. The van der Waals surface area contributed by atoms with Crippen molar-refractivity contribution in [1.82, 2.24) is 0 Å². The molecule has 0 aromatic heterocycles. The van der Waals surface area contributed by atoms with Gasteiger partial charge in [-0.3, -0.25) is 4.79 Å². The number of fused-ring (bicyclic) bond motifs is 1. The molecular formula is C23H15ClO4. The van der Waals surface area contributed by atoms with E-state index in [1.54, 1.807) is 73.7 Å². The Morgan fingerprint density at radius 2 is 1.71 bits per heavy atom. The summed E-state index contributed by atoms with van der Waals surface area (Å²) in [7, 11) is 0. The SMILES string of the molecule is Cc1c(OC(=O)c2ccccc2)ccc2c1O/C(=C\c1ccc(Cl)cc1)C2=O. The molecule has 0 bridgehead atoms. The van der Waals surface area contributed by atoms with E-state index in [1.165, 1.54) is 0 Å². The van der Waals surface area contributed by atoms with Crippen molar-refractivity contribution in [1.29, 1.82) is 0 Å². The van der Waals surface area contributed by atoms with Crippen molar-refractivity contribution in [3.05, 3.63) is 99.8 Å². The van der Waals surface area contributed by atoms with Crippen LogP contribution < -0.4 is 9.47 Å². The van der Waals surface area contributed by atoms with Gasteiger partial charge in [-0.05, 0) is 55.0 Å². The Morgan fingerprint density at radius 3 is 2.43 bits per heavy atom. The van der Waals surface area contributed by atoms with Crippen LogP contribution in [0.1, 0.15) is 31.8 Å². The lowest BCUT2D eigenvalue weighted by atomic mass is 10.1. The van der Waals surface area contributed by atoms with E-state index in [2.05, 4.69) is 0 Å². The van der Waals surface area contributed by atoms with Gasteiger partial charge in [0.05, 0.1) is 11.1 Å². The number of rotatable bonds is 3. The van der Waals surface area contributed by atoms with E-state index >= 15 is 0 Å². The van der Waals surface area contributed by atoms with E-state index in [1.807, 2.05) is 6.07 Å². The van der Waals surface area contributed by atoms with Gasteiger partial charge in [-0.2, -0.15) is 0 Å². The van der Waals surface area contributed by atoms with Crippen molar-refractivity contribution in [3.63, 3.8) is 0 Å². The lowest BCUT2D eigenvalue weighted by Gasteiger charge is -2.10. The lowest BCUT2D eigenvalue weighted by Crippen LogP contribution is -2.09. The van der Waals surface area contributed by atoms with Crippen LogP contribution in [-0.4, -0.2) is 11.8 Å². The summed E-state index contributed by atoms with van der Waals surface area (Å²) in [5.74, 6) is 0.294. The molecule has 1 aliphatic rings. The molecule has 0 N–H and O–H groups in total. The van der Waals surface area contributed by atoms with Crippen molar-refractivity contribution in [2.45, 2.75) is 6.92 Å². The minimum absolute atomic E-state index is 0.214. The van der Waals surface area contributed by atoms with Gasteiger partial charge < -0.3 is 9.47 Å². The molecule has 3 aromatic rings. The maximum Gasteiger partial charge on any atom is 0.343 e. The van der Waals surface area contributed by atoms with Gasteiger partial charge >= 0.3 is 5.97 Å². The Morgan fingerprint density at radius 1 is 1.00 bits per heavy atom. The molecule has 0 fully saturated rings. The van der Waals surface area contributed by atoms with Crippen LogP contribution in [-0.2, 0) is 0 Å². The average molecular weight is 391 g/mol. The molecule has 0 spiro atoms. The normalized spacial score (nSPS) is 13.9. The number of hydrogen-bond donors (Lipinski definition) is 0. The van der Waals surface area contributed by atoms with Crippen LogP contribution in [0.15, 0.2) is 72.5 Å². The van der Waals surface area contributed by atoms with E-state index in [0.29, 0.717) is 33.2 Å². The standard InChI is InChI=1S/C23H15ClO4/c1-14-19(28-23(26)16-5-3-2-4-6-16)12-11-18-21(25)20(27-22(14)18)13-15-7-9-17(24)10-8-15/h2-13H,1H3/b20-13-. The highest BCUT2D eigenvalue weighted by Gasteiger charge is 2.30. The number of Topliss-reactive ketones (excluding diaryl/α,β-unsaturated/α-hetero) is 1. The lowest BCUT2D eigenvalue weighted by molar-refractivity contribution is 0.0733. The average Bonchev–Trinajstić information content (AvgIpc) is 3.03. The van der Waals surface area contributed by atoms with Crippen LogP contribution in [0.25, 0.3) is 6.08 Å². The van der Waals surface area contributed by atoms with E-state index in [-0.39, 0.29) is 11.5 Å².